The van der Waals surface area contributed by atoms with E-state index in [4.69, 9.17) is 0 Å². The van der Waals surface area contributed by atoms with Crippen molar-refractivity contribution in [1.29, 1.82) is 0 Å². The van der Waals surface area contributed by atoms with E-state index in [1.165, 1.54) is 43.4 Å². The second-order valence-corrected chi connectivity index (χ2v) is 5.99. The summed E-state index contributed by atoms with van der Waals surface area (Å²) in [5.74, 6) is 1.68. The van der Waals surface area contributed by atoms with Crippen molar-refractivity contribution in [3.63, 3.8) is 0 Å². The number of hydrogen-bond donors (Lipinski definition) is 1. The van der Waals surface area contributed by atoms with Crippen LogP contribution in [0.2, 0.25) is 0 Å². The van der Waals surface area contributed by atoms with Gasteiger partial charge in [-0.25, -0.2) is 0 Å². The quantitative estimate of drug-likeness (QED) is 0.855. The van der Waals surface area contributed by atoms with E-state index in [1.54, 1.807) is 0 Å². The van der Waals surface area contributed by atoms with Crippen LogP contribution >= 0.6 is 0 Å². The minimum atomic E-state index is 0.444. The molecule has 0 spiro atoms. The van der Waals surface area contributed by atoms with Crippen molar-refractivity contribution in [2.45, 2.75) is 58.9 Å². The minimum Gasteiger partial charge on any atom is -0.309 e. The highest BCUT2D eigenvalue weighted by atomic mass is 14.9. The number of rotatable bonds is 5. The molecule has 0 aromatic carbocycles. The lowest BCUT2D eigenvalue weighted by atomic mass is 9.76. The molecule has 1 saturated carbocycles. The Morgan fingerprint density at radius 3 is 2.89 bits per heavy atom. The molecule has 2 rings (SSSR count). The highest BCUT2D eigenvalue weighted by molar-refractivity contribution is 5.18. The summed E-state index contributed by atoms with van der Waals surface area (Å²) in [6, 6.07) is 4.78. The summed E-state index contributed by atoms with van der Waals surface area (Å²) < 4.78 is 0. The molecule has 19 heavy (non-hydrogen) atoms. The first-order chi connectivity index (χ1) is 9.24. The SMILES string of the molecule is CCNC(c1cc(C)ccn1)C1CCCC(CC)C1. The Morgan fingerprint density at radius 2 is 2.21 bits per heavy atom. The fourth-order valence-electron chi connectivity index (χ4n) is 3.47. The van der Waals surface area contributed by atoms with Gasteiger partial charge in [0.2, 0.25) is 0 Å². The molecule has 0 bridgehead atoms. The van der Waals surface area contributed by atoms with E-state index in [9.17, 15) is 0 Å². The summed E-state index contributed by atoms with van der Waals surface area (Å²) in [4.78, 5) is 4.62. The Morgan fingerprint density at radius 1 is 1.37 bits per heavy atom. The van der Waals surface area contributed by atoms with Crippen molar-refractivity contribution in [2.75, 3.05) is 6.54 Å². The van der Waals surface area contributed by atoms with Gasteiger partial charge in [-0.15, -0.1) is 0 Å². The molecule has 0 saturated heterocycles. The average Bonchev–Trinajstić information content (AvgIpc) is 2.45. The van der Waals surface area contributed by atoms with Crippen LogP contribution < -0.4 is 5.32 Å². The molecule has 1 N–H and O–H groups in total. The summed E-state index contributed by atoms with van der Waals surface area (Å²) in [6.07, 6.45) is 8.81. The van der Waals surface area contributed by atoms with Gasteiger partial charge in [0.25, 0.3) is 0 Å². The van der Waals surface area contributed by atoms with Gasteiger partial charge in [0.05, 0.1) is 11.7 Å². The van der Waals surface area contributed by atoms with E-state index < -0.39 is 0 Å². The van der Waals surface area contributed by atoms with Crippen LogP contribution in [0.15, 0.2) is 18.3 Å². The van der Waals surface area contributed by atoms with Crippen molar-refractivity contribution < 1.29 is 0 Å². The molecule has 2 nitrogen and oxygen atoms in total. The van der Waals surface area contributed by atoms with E-state index in [-0.39, 0.29) is 0 Å². The lowest BCUT2D eigenvalue weighted by molar-refractivity contribution is 0.208. The number of hydrogen-bond acceptors (Lipinski definition) is 2. The predicted molar refractivity (Wildman–Crippen MR) is 81.1 cm³/mol. The van der Waals surface area contributed by atoms with Crippen LogP contribution in [0.4, 0.5) is 0 Å². The van der Waals surface area contributed by atoms with Gasteiger partial charge in [-0.2, -0.15) is 0 Å². The standard InChI is InChI=1S/C17H28N2/c1-4-14-7-6-8-15(12-14)17(18-5-2)16-11-13(3)9-10-19-16/h9-11,14-15,17-18H,4-8,12H2,1-3H3. The molecular weight excluding hydrogens is 232 g/mol. The lowest BCUT2D eigenvalue weighted by Crippen LogP contribution is -2.32. The zero-order valence-electron chi connectivity index (χ0n) is 12.7. The summed E-state index contributed by atoms with van der Waals surface area (Å²) in [5, 5.41) is 3.68. The zero-order valence-corrected chi connectivity index (χ0v) is 12.7. The Balaban J connectivity index is 2.15. The molecule has 1 fully saturated rings. The van der Waals surface area contributed by atoms with Gasteiger partial charge in [-0.1, -0.05) is 33.1 Å². The summed E-state index contributed by atoms with van der Waals surface area (Å²) >= 11 is 0. The normalized spacial score (nSPS) is 25.2. The molecule has 1 aliphatic carbocycles. The van der Waals surface area contributed by atoms with Crippen LogP contribution in [0.1, 0.15) is 63.3 Å². The molecule has 1 aromatic heterocycles. The van der Waals surface area contributed by atoms with E-state index >= 15 is 0 Å². The summed E-state index contributed by atoms with van der Waals surface area (Å²) in [7, 11) is 0. The van der Waals surface area contributed by atoms with Gasteiger partial charge < -0.3 is 5.32 Å². The number of aromatic nitrogens is 1. The molecule has 1 aliphatic rings. The molecule has 1 aromatic rings. The molecule has 0 radical (unpaired) electrons. The van der Waals surface area contributed by atoms with Crippen LogP contribution in [-0.2, 0) is 0 Å². The maximum Gasteiger partial charge on any atom is 0.0578 e. The van der Waals surface area contributed by atoms with Crippen LogP contribution in [0.5, 0.6) is 0 Å². The van der Waals surface area contributed by atoms with Crippen LogP contribution in [-0.4, -0.2) is 11.5 Å². The van der Waals surface area contributed by atoms with Gasteiger partial charge in [0, 0.05) is 6.20 Å². The lowest BCUT2D eigenvalue weighted by Gasteiger charge is -2.34. The molecule has 106 valence electrons. The first-order valence-corrected chi connectivity index (χ1v) is 7.90. The molecule has 1 heterocycles. The maximum absolute atomic E-state index is 4.62. The van der Waals surface area contributed by atoms with E-state index in [1.807, 2.05) is 6.20 Å². The predicted octanol–water partition coefficient (Wildman–Crippen LogP) is 4.26. The van der Waals surface area contributed by atoms with Crippen LogP contribution in [0.3, 0.4) is 0 Å². The van der Waals surface area contributed by atoms with Gasteiger partial charge in [0.1, 0.15) is 0 Å². The second-order valence-electron chi connectivity index (χ2n) is 5.99. The number of nitrogens with one attached hydrogen (secondary N) is 1. The third-order valence-corrected chi connectivity index (χ3v) is 4.55. The molecule has 3 atom stereocenters. The molecule has 0 amide bonds. The Labute approximate surface area is 118 Å². The largest absolute Gasteiger partial charge is 0.309 e. The summed E-state index contributed by atoms with van der Waals surface area (Å²) in [6.45, 7) is 7.71. The van der Waals surface area contributed by atoms with Crippen molar-refractivity contribution in [1.82, 2.24) is 10.3 Å². The second kappa shape index (κ2) is 7.04. The third-order valence-electron chi connectivity index (χ3n) is 4.55. The Hall–Kier alpha value is -0.890. The summed E-state index contributed by atoms with van der Waals surface area (Å²) in [5.41, 5.74) is 2.55. The number of aryl methyl sites for hydroxylation is 1. The first-order valence-electron chi connectivity index (χ1n) is 7.90. The van der Waals surface area contributed by atoms with E-state index in [2.05, 4.69) is 43.2 Å². The number of nitrogens with zero attached hydrogens (tertiary/aromatic N) is 1. The molecule has 0 aliphatic heterocycles. The fourth-order valence-corrected chi connectivity index (χ4v) is 3.47. The van der Waals surface area contributed by atoms with Gasteiger partial charge in [0.15, 0.2) is 0 Å². The van der Waals surface area contributed by atoms with E-state index in [0.29, 0.717) is 6.04 Å². The Bertz CT molecular complexity index is 389. The topological polar surface area (TPSA) is 24.9 Å². The Kier molecular flexibility index (Phi) is 5.38. The third kappa shape index (κ3) is 3.79. The first kappa shape index (κ1) is 14.5. The smallest absolute Gasteiger partial charge is 0.0578 e. The van der Waals surface area contributed by atoms with Gasteiger partial charge >= 0.3 is 0 Å². The van der Waals surface area contributed by atoms with Crippen LogP contribution in [0.25, 0.3) is 0 Å². The van der Waals surface area contributed by atoms with Crippen molar-refractivity contribution in [2.24, 2.45) is 11.8 Å². The minimum absolute atomic E-state index is 0.444. The average molecular weight is 260 g/mol. The highest BCUT2D eigenvalue weighted by Gasteiger charge is 2.29. The fraction of sp³-hybridized carbons (Fsp3) is 0.706. The van der Waals surface area contributed by atoms with Crippen molar-refractivity contribution in [3.8, 4) is 0 Å². The molecule has 2 heteroatoms. The maximum atomic E-state index is 4.62. The van der Waals surface area contributed by atoms with Crippen LogP contribution in [0, 0.1) is 18.8 Å². The van der Waals surface area contributed by atoms with Crippen molar-refractivity contribution >= 4 is 0 Å². The molecular formula is C17H28N2. The highest BCUT2D eigenvalue weighted by Crippen LogP contribution is 2.38. The number of pyridine rings is 1. The van der Waals surface area contributed by atoms with E-state index in [0.717, 1.165) is 18.4 Å². The molecule has 3 unspecified atom stereocenters. The van der Waals surface area contributed by atoms with Crippen molar-refractivity contribution in [3.05, 3.63) is 29.6 Å². The van der Waals surface area contributed by atoms with Gasteiger partial charge in [-0.05, 0) is 55.8 Å². The van der Waals surface area contributed by atoms with Gasteiger partial charge in [-0.3, -0.25) is 4.98 Å². The monoisotopic (exact) mass is 260 g/mol. The zero-order chi connectivity index (χ0) is 13.7.